The fraction of sp³-hybridized carbons (Fsp3) is 0.409. The molecule has 0 aliphatic carbocycles. The molecule has 2 aromatic carbocycles. The second-order valence-corrected chi connectivity index (χ2v) is 6.97. The molecule has 2 unspecified atom stereocenters. The van der Waals surface area contributed by atoms with E-state index in [-0.39, 0.29) is 0 Å². The van der Waals surface area contributed by atoms with Gasteiger partial charge >= 0.3 is 0 Å². The van der Waals surface area contributed by atoms with Gasteiger partial charge in [-0.3, -0.25) is 4.99 Å². The third kappa shape index (κ3) is 6.00. The van der Waals surface area contributed by atoms with Crippen LogP contribution in [-0.4, -0.2) is 49.4 Å². The Morgan fingerprint density at radius 3 is 2.56 bits per heavy atom. The second-order valence-electron chi connectivity index (χ2n) is 6.97. The van der Waals surface area contributed by atoms with Crippen LogP contribution in [0.25, 0.3) is 0 Å². The highest BCUT2D eigenvalue weighted by Crippen LogP contribution is 2.19. The standard InChI is InChI=1S/C22H30N4O/c1-2-23-22(24-16-21(27)15-18-9-5-3-6-10-18)25-19-13-14-26(17-19)20-11-7-4-8-12-20/h3-12,19,21,27H,2,13-17H2,1H3,(H2,23,24,25). The molecule has 1 saturated heterocycles. The highest BCUT2D eigenvalue weighted by atomic mass is 16.3. The summed E-state index contributed by atoms with van der Waals surface area (Å²) in [4.78, 5) is 6.99. The van der Waals surface area contributed by atoms with Crippen molar-refractivity contribution in [3.63, 3.8) is 0 Å². The highest BCUT2D eigenvalue weighted by Gasteiger charge is 2.23. The maximum absolute atomic E-state index is 10.3. The summed E-state index contributed by atoms with van der Waals surface area (Å²) in [5.74, 6) is 0.782. The van der Waals surface area contributed by atoms with Gasteiger partial charge < -0.3 is 20.6 Å². The summed E-state index contributed by atoms with van der Waals surface area (Å²) in [6, 6.07) is 20.9. The second kappa shape index (κ2) is 9.97. The largest absolute Gasteiger partial charge is 0.391 e. The van der Waals surface area contributed by atoms with Gasteiger partial charge in [-0.05, 0) is 31.0 Å². The lowest BCUT2D eigenvalue weighted by Crippen LogP contribution is -2.45. The quantitative estimate of drug-likeness (QED) is 0.520. The monoisotopic (exact) mass is 366 g/mol. The minimum absolute atomic E-state index is 0.356. The number of anilines is 1. The van der Waals surface area contributed by atoms with Gasteiger partial charge in [0.25, 0.3) is 0 Å². The van der Waals surface area contributed by atoms with Gasteiger partial charge in [-0.1, -0.05) is 48.5 Å². The third-order valence-electron chi connectivity index (χ3n) is 4.77. The zero-order valence-electron chi connectivity index (χ0n) is 16.0. The summed E-state index contributed by atoms with van der Waals surface area (Å²) in [5.41, 5.74) is 2.40. The Morgan fingerprint density at radius 1 is 1.15 bits per heavy atom. The number of nitrogens with zero attached hydrogens (tertiary/aromatic N) is 2. The minimum atomic E-state index is -0.479. The van der Waals surface area contributed by atoms with Crippen molar-refractivity contribution in [1.82, 2.24) is 10.6 Å². The zero-order valence-corrected chi connectivity index (χ0v) is 16.0. The molecule has 0 spiro atoms. The van der Waals surface area contributed by atoms with E-state index in [1.807, 2.05) is 36.4 Å². The number of benzene rings is 2. The third-order valence-corrected chi connectivity index (χ3v) is 4.77. The number of para-hydroxylation sites is 1. The molecule has 0 amide bonds. The summed E-state index contributed by atoms with van der Waals surface area (Å²) in [7, 11) is 0. The molecule has 0 bridgehead atoms. The van der Waals surface area contributed by atoms with Crippen molar-refractivity contribution in [3.8, 4) is 0 Å². The SMILES string of the molecule is CCNC(=NCC(O)Cc1ccccc1)NC1CCN(c2ccccc2)C1. The Hall–Kier alpha value is -2.53. The zero-order chi connectivity index (χ0) is 18.9. The van der Waals surface area contributed by atoms with E-state index in [4.69, 9.17) is 0 Å². The highest BCUT2D eigenvalue weighted by molar-refractivity contribution is 5.80. The summed E-state index contributed by atoms with van der Waals surface area (Å²) >= 11 is 0. The van der Waals surface area contributed by atoms with Crippen LogP contribution in [0.5, 0.6) is 0 Å². The van der Waals surface area contributed by atoms with Crippen molar-refractivity contribution in [1.29, 1.82) is 0 Å². The van der Waals surface area contributed by atoms with Crippen molar-refractivity contribution < 1.29 is 5.11 Å². The van der Waals surface area contributed by atoms with Gasteiger partial charge in [0, 0.05) is 37.8 Å². The molecule has 0 saturated carbocycles. The minimum Gasteiger partial charge on any atom is -0.391 e. The van der Waals surface area contributed by atoms with E-state index in [0.717, 1.165) is 37.6 Å². The fourth-order valence-electron chi connectivity index (χ4n) is 3.41. The van der Waals surface area contributed by atoms with Crippen LogP contribution in [0, 0.1) is 0 Å². The molecule has 3 N–H and O–H groups in total. The molecule has 3 rings (SSSR count). The van der Waals surface area contributed by atoms with E-state index in [1.165, 1.54) is 5.69 Å². The summed E-state index contributed by atoms with van der Waals surface area (Å²) in [6.07, 6.45) is 1.22. The number of nitrogens with one attached hydrogen (secondary N) is 2. The van der Waals surface area contributed by atoms with Gasteiger partial charge in [0.2, 0.25) is 0 Å². The van der Waals surface area contributed by atoms with Crippen LogP contribution in [0.2, 0.25) is 0 Å². The molecule has 2 atom stereocenters. The molecule has 1 aliphatic heterocycles. The number of guanidine groups is 1. The topological polar surface area (TPSA) is 59.9 Å². The van der Waals surface area contributed by atoms with Crippen LogP contribution in [0.4, 0.5) is 5.69 Å². The normalized spacial score (nSPS) is 18.4. The fourth-order valence-corrected chi connectivity index (χ4v) is 3.41. The number of aliphatic hydroxyl groups excluding tert-OH is 1. The molecule has 5 heteroatoms. The number of hydrogen-bond donors (Lipinski definition) is 3. The van der Waals surface area contributed by atoms with Crippen molar-refractivity contribution >= 4 is 11.6 Å². The predicted octanol–water partition coefficient (Wildman–Crippen LogP) is 2.42. The molecule has 1 fully saturated rings. The van der Waals surface area contributed by atoms with Crippen molar-refractivity contribution in [2.45, 2.75) is 31.9 Å². The van der Waals surface area contributed by atoms with Gasteiger partial charge in [-0.2, -0.15) is 0 Å². The number of aliphatic hydroxyl groups is 1. The van der Waals surface area contributed by atoms with E-state index in [0.29, 0.717) is 19.0 Å². The molecule has 144 valence electrons. The summed E-state index contributed by atoms with van der Waals surface area (Å²) in [6.45, 7) is 5.25. The first-order chi connectivity index (χ1) is 13.2. The van der Waals surface area contributed by atoms with Gasteiger partial charge in [-0.15, -0.1) is 0 Å². The number of aliphatic imine (C=N–C) groups is 1. The molecule has 2 aromatic rings. The van der Waals surface area contributed by atoms with Gasteiger partial charge in [-0.25, -0.2) is 0 Å². The Morgan fingerprint density at radius 2 is 1.85 bits per heavy atom. The Bertz CT molecular complexity index is 705. The molecular weight excluding hydrogens is 336 g/mol. The van der Waals surface area contributed by atoms with Crippen LogP contribution in [-0.2, 0) is 6.42 Å². The first kappa shape index (κ1) is 19.2. The Balaban J connectivity index is 1.52. The van der Waals surface area contributed by atoms with Crippen LogP contribution in [0.3, 0.4) is 0 Å². The molecule has 1 heterocycles. The van der Waals surface area contributed by atoms with E-state index < -0.39 is 6.10 Å². The average Bonchev–Trinajstić information content (AvgIpc) is 3.16. The van der Waals surface area contributed by atoms with E-state index in [1.54, 1.807) is 0 Å². The Kier molecular flexibility index (Phi) is 7.11. The lowest BCUT2D eigenvalue weighted by atomic mass is 10.1. The molecule has 0 radical (unpaired) electrons. The van der Waals surface area contributed by atoms with E-state index in [9.17, 15) is 5.11 Å². The number of rotatable bonds is 7. The molecule has 1 aliphatic rings. The van der Waals surface area contributed by atoms with Crippen LogP contribution < -0.4 is 15.5 Å². The summed E-state index contributed by atoms with van der Waals surface area (Å²) < 4.78 is 0. The first-order valence-electron chi connectivity index (χ1n) is 9.81. The van der Waals surface area contributed by atoms with E-state index in [2.05, 4.69) is 51.7 Å². The maximum Gasteiger partial charge on any atom is 0.191 e. The molecule has 5 nitrogen and oxygen atoms in total. The molecular formula is C22H30N4O. The first-order valence-corrected chi connectivity index (χ1v) is 9.81. The van der Waals surface area contributed by atoms with Gasteiger partial charge in [0.05, 0.1) is 12.6 Å². The number of hydrogen-bond acceptors (Lipinski definition) is 3. The van der Waals surface area contributed by atoms with Crippen molar-refractivity contribution in [3.05, 3.63) is 66.2 Å². The predicted molar refractivity (Wildman–Crippen MR) is 112 cm³/mol. The van der Waals surface area contributed by atoms with Crippen molar-refractivity contribution in [2.75, 3.05) is 31.1 Å². The molecule has 27 heavy (non-hydrogen) atoms. The lowest BCUT2D eigenvalue weighted by Gasteiger charge is -2.20. The van der Waals surface area contributed by atoms with Crippen molar-refractivity contribution in [2.24, 2.45) is 4.99 Å². The smallest absolute Gasteiger partial charge is 0.191 e. The lowest BCUT2D eigenvalue weighted by molar-refractivity contribution is 0.183. The summed E-state index contributed by atoms with van der Waals surface area (Å²) in [5, 5.41) is 17.1. The van der Waals surface area contributed by atoms with Crippen LogP contribution >= 0.6 is 0 Å². The van der Waals surface area contributed by atoms with Crippen LogP contribution in [0.1, 0.15) is 18.9 Å². The molecule has 0 aromatic heterocycles. The average molecular weight is 367 g/mol. The Labute approximate surface area is 162 Å². The van der Waals surface area contributed by atoms with Gasteiger partial charge in [0.1, 0.15) is 0 Å². The maximum atomic E-state index is 10.3. The van der Waals surface area contributed by atoms with Crippen LogP contribution in [0.15, 0.2) is 65.7 Å². The van der Waals surface area contributed by atoms with E-state index >= 15 is 0 Å². The van der Waals surface area contributed by atoms with Gasteiger partial charge in [0.15, 0.2) is 5.96 Å².